The van der Waals surface area contributed by atoms with Gasteiger partial charge in [-0.25, -0.2) is 0 Å². The van der Waals surface area contributed by atoms with E-state index < -0.39 is 8.07 Å². The van der Waals surface area contributed by atoms with Crippen molar-refractivity contribution in [3.05, 3.63) is 57.6 Å². The van der Waals surface area contributed by atoms with Gasteiger partial charge < -0.3 is 0 Å². The smallest absolute Gasteiger partial charge is 0.0654 e. The molecule has 0 bridgehead atoms. The van der Waals surface area contributed by atoms with E-state index in [1.807, 2.05) is 0 Å². The molecule has 0 amide bonds. The zero-order valence-corrected chi connectivity index (χ0v) is 21.8. The first-order valence-corrected chi connectivity index (χ1v) is 14.0. The second-order valence-corrected chi connectivity index (χ2v) is 15.0. The molecule has 2 aromatic rings. The number of benzene rings is 2. The second kappa shape index (κ2) is 9.21. The quantitative estimate of drug-likeness (QED) is 0.420. The van der Waals surface area contributed by atoms with E-state index in [2.05, 4.69) is 93.5 Å². The third-order valence-electron chi connectivity index (χ3n) is 6.57. The van der Waals surface area contributed by atoms with Gasteiger partial charge in [-0.15, -0.1) is 0 Å². The fraction of sp³-hybridized carbons (Fsp3) is 0.571. The van der Waals surface area contributed by atoms with Crippen LogP contribution in [0, 0.1) is 47.0 Å². The summed E-state index contributed by atoms with van der Waals surface area (Å²) in [5, 5.41) is 3.46. The van der Waals surface area contributed by atoms with Gasteiger partial charge in [0.15, 0.2) is 0 Å². The van der Waals surface area contributed by atoms with E-state index in [-0.39, 0.29) is 0 Å². The van der Waals surface area contributed by atoms with Gasteiger partial charge in [0.05, 0.1) is 0 Å². The topological polar surface area (TPSA) is 0 Å². The van der Waals surface area contributed by atoms with E-state index in [0.29, 0.717) is 5.41 Å². The zero-order valence-electron chi connectivity index (χ0n) is 20.8. The lowest BCUT2D eigenvalue weighted by molar-refractivity contribution is 0.395. The Bertz CT molecular complexity index is 748. The van der Waals surface area contributed by atoms with Crippen molar-refractivity contribution in [2.24, 2.45) is 5.41 Å². The molecule has 0 spiro atoms. The predicted octanol–water partition coefficient (Wildman–Crippen LogP) is 7.34. The molecule has 29 heavy (non-hydrogen) atoms. The third-order valence-corrected chi connectivity index (χ3v) is 12.4. The van der Waals surface area contributed by atoms with Crippen LogP contribution in [0.2, 0.25) is 12.1 Å². The summed E-state index contributed by atoms with van der Waals surface area (Å²) in [6, 6.07) is 12.5. The number of unbranched alkanes of at least 4 members (excludes halogenated alkanes) is 1. The third kappa shape index (κ3) is 5.42. The highest BCUT2D eigenvalue weighted by Gasteiger charge is 2.41. The molecule has 0 aliphatic rings. The van der Waals surface area contributed by atoms with Crippen LogP contribution in [0.4, 0.5) is 0 Å². The van der Waals surface area contributed by atoms with Gasteiger partial charge in [0.25, 0.3) is 0 Å². The van der Waals surface area contributed by atoms with Crippen LogP contribution in [0.5, 0.6) is 0 Å². The molecule has 0 atom stereocenters. The average molecular weight is 409 g/mol. The Morgan fingerprint density at radius 2 is 1.03 bits per heavy atom. The Morgan fingerprint density at radius 3 is 1.34 bits per heavy atom. The minimum Gasteiger partial charge on any atom is -0.0654 e. The van der Waals surface area contributed by atoms with Crippen LogP contribution in [-0.2, 0) is 0 Å². The summed E-state index contributed by atoms with van der Waals surface area (Å²) < 4.78 is 0. The van der Waals surface area contributed by atoms with Gasteiger partial charge in [-0.1, -0.05) is 105 Å². The summed E-state index contributed by atoms with van der Waals surface area (Å²) in [4.78, 5) is 0. The standard InChI is InChI=1S/C28H44Si/c1-11-12-14-29(15-13-28(8,9)10,26-22(4)16-20(2)17-23(26)5)27-24(6)18-21(3)19-25(27)7/h16-19H,11-15H2,1-10H3. The summed E-state index contributed by atoms with van der Waals surface area (Å²) in [5.74, 6) is 0. The van der Waals surface area contributed by atoms with Crippen LogP contribution < -0.4 is 10.4 Å². The molecular formula is C28H44Si. The van der Waals surface area contributed by atoms with Crippen molar-refractivity contribution in [2.45, 2.75) is 101 Å². The fourth-order valence-corrected chi connectivity index (χ4v) is 12.6. The molecule has 0 unspecified atom stereocenters. The lowest BCUT2D eigenvalue weighted by Crippen LogP contribution is -2.62. The summed E-state index contributed by atoms with van der Waals surface area (Å²) >= 11 is 0. The molecule has 0 saturated carbocycles. The van der Waals surface area contributed by atoms with Gasteiger partial charge in [0, 0.05) is 0 Å². The van der Waals surface area contributed by atoms with Crippen molar-refractivity contribution in [3.8, 4) is 0 Å². The van der Waals surface area contributed by atoms with Crippen LogP contribution in [-0.4, -0.2) is 8.07 Å². The van der Waals surface area contributed by atoms with Crippen molar-refractivity contribution >= 4 is 18.4 Å². The van der Waals surface area contributed by atoms with Gasteiger partial charge in [0.1, 0.15) is 8.07 Å². The maximum absolute atomic E-state index is 2.44. The molecule has 0 N–H and O–H groups in total. The lowest BCUT2D eigenvalue weighted by Gasteiger charge is -2.40. The molecule has 160 valence electrons. The van der Waals surface area contributed by atoms with Crippen LogP contribution in [0.1, 0.15) is 80.3 Å². The fourth-order valence-electron chi connectivity index (χ4n) is 5.69. The van der Waals surface area contributed by atoms with Crippen LogP contribution in [0.25, 0.3) is 0 Å². The average Bonchev–Trinajstić information content (AvgIpc) is 2.55. The minimum atomic E-state index is -1.90. The highest BCUT2D eigenvalue weighted by molar-refractivity contribution is 7.03. The summed E-state index contributed by atoms with van der Waals surface area (Å²) in [5.41, 5.74) is 9.27. The Labute approximate surface area is 182 Å². The predicted molar refractivity (Wildman–Crippen MR) is 135 cm³/mol. The SMILES string of the molecule is CCCC[Si](CCC(C)(C)C)(c1c(C)cc(C)cc1C)c1c(C)cc(C)cc1C. The summed E-state index contributed by atoms with van der Waals surface area (Å²) in [7, 11) is -1.90. The van der Waals surface area contributed by atoms with Gasteiger partial charge in [0.2, 0.25) is 0 Å². The maximum atomic E-state index is 2.44. The normalized spacial score (nSPS) is 12.5. The van der Waals surface area contributed by atoms with E-state index >= 15 is 0 Å². The molecular weight excluding hydrogens is 364 g/mol. The lowest BCUT2D eigenvalue weighted by atomic mass is 9.94. The van der Waals surface area contributed by atoms with E-state index in [9.17, 15) is 0 Å². The molecule has 0 fully saturated rings. The second-order valence-electron chi connectivity index (χ2n) is 10.8. The van der Waals surface area contributed by atoms with E-state index in [0.717, 1.165) is 0 Å². The Hall–Kier alpha value is -1.34. The van der Waals surface area contributed by atoms with Gasteiger partial charge in [-0.05, 0) is 69.4 Å². The molecule has 1 heteroatoms. The highest BCUT2D eigenvalue weighted by atomic mass is 28.3. The van der Waals surface area contributed by atoms with Crippen molar-refractivity contribution in [2.75, 3.05) is 0 Å². The highest BCUT2D eigenvalue weighted by Crippen LogP contribution is 2.32. The van der Waals surface area contributed by atoms with E-state index in [1.54, 1.807) is 10.4 Å². The first-order chi connectivity index (χ1) is 13.4. The molecule has 0 nitrogen and oxygen atoms in total. The molecule has 2 rings (SSSR count). The Morgan fingerprint density at radius 1 is 0.655 bits per heavy atom. The van der Waals surface area contributed by atoms with Crippen LogP contribution in [0.15, 0.2) is 24.3 Å². The van der Waals surface area contributed by atoms with Gasteiger partial charge >= 0.3 is 0 Å². The first-order valence-electron chi connectivity index (χ1n) is 11.6. The molecule has 0 saturated heterocycles. The maximum Gasteiger partial charge on any atom is 0.119 e. The van der Waals surface area contributed by atoms with Gasteiger partial charge in [-0.2, -0.15) is 0 Å². The first kappa shape index (κ1) is 23.9. The monoisotopic (exact) mass is 408 g/mol. The van der Waals surface area contributed by atoms with Gasteiger partial charge in [-0.3, -0.25) is 0 Å². The van der Waals surface area contributed by atoms with E-state index in [1.165, 1.54) is 64.7 Å². The molecule has 0 aliphatic carbocycles. The Balaban J connectivity index is 2.88. The molecule has 2 aromatic carbocycles. The van der Waals surface area contributed by atoms with Crippen LogP contribution >= 0.6 is 0 Å². The zero-order chi connectivity index (χ0) is 22.0. The van der Waals surface area contributed by atoms with Crippen molar-refractivity contribution in [3.63, 3.8) is 0 Å². The largest absolute Gasteiger partial charge is 0.119 e. The Kier molecular flexibility index (Phi) is 7.60. The molecule has 0 heterocycles. The molecule has 0 aromatic heterocycles. The molecule has 0 radical (unpaired) electrons. The van der Waals surface area contributed by atoms with Crippen LogP contribution in [0.3, 0.4) is 0 Å². The summed E-state index contributed by atoms with van der Waals surface area (Å²) in [6.45, 7) is 23.6. The van der Waals surface area contributed by atoms with Crippen molar-refractivity contribution < 1.29 is 0 Å². The molecule has 0 aliphatic heterocycles. The number of aryl methyl sites for hydroxylation is 6. The van der Waals surface area contributed by atoms with E-state index in [4.69, 9.17) is 0 Å². The van der Waals surface area contributed by atoms with Crippen molar-refractivity contribution in [1.29, 1.82) is 0 Å². The number of hydrogen-bond donors (Lipinski definition) is 0. The number of rotatable bonds is 7. The summed E-state index contributed by atoms with van der Waals surface area (Å²) in [6.07, 6.45) is 3.90. The number of hydrogen-bond acceptors (Lipinski definition) is 0. The van der Waals surface area contributed by atoms with Crippen molar-refractivity contribution in [1.82, 2.24) is 0 Å². The minimum absolute atomic E-state index is 0.365.